The van der Waals surface area contributed by atoms with Gasteiger partial charge >= 0.3 is 0 Å². The molecule has 282 valence electrons. The maximum atomic E-state index is 6.81. The minimum absolute atomic E-state index is 0.688. The summed E-state index contributed by atoms with van der Waals surface area (Å²) in [7, 11) is 0. The Morgan fingerprint density at radius 2 is 0.741 bits per heavy atom. The summed E-state index contributed by atoms with van der Waals surface area (Å²) in [5.41, 5.74) is 9.44. The molecule has 0 atom stereocenters. The highest BCUT2D eigenvalue weighted by Gasteiger charge is 2.23. The predicted molar refractivity (Wildman–Crippen MR) is 240 cm³/mol. The zero-order valence-electron chi connectivity index (χ0n) is 32.7. The van der Waals surface area contributed by atoms with Gasteiger partial charge in [0.25, 0.3) is 0 Å². The Bertz CT molecular complexity index is 1980. The topological polar surface area (TPSA) is 18.5 Å². The second-order valence-electron chi connectivity index (χ2n) is 14.9. The molecule has 0 spiro atoms. The van der Waals surface area contributed by atoms with Crippen molar-refractivity contribution in [3.8, 4) is 44.9 Å². The molecule has 4 heteroatoms. The van der Waals surface area contributed by atoms with Crippen molar-refractivity contribution in [3.63, 3.8) is 0 Å². The van der Waals surface area contributed by atoms with Gasteiger partial charge in [-0.05, 0) is 127 Å². The monoisotopic (exact) mass is 846 g/mol. The van der Waals surface area contributed by atoms with E-state index in [0.29, 0.717) is 13.2 Å². The molecule has 6 aromatic carbocycles. The lowest BCUT2D eigenvalue weighted by atomic mass is 9.89. The second kappa shape index (κ2) is 19.8. The Hall–Kier alpha value is -3.60. The van der Waals surface area contributed by atoms with Crippen LogP contribution in [0.5, 0.6) is 11.5 Å². The first-order chi connectivity index (χ1) is 26.4. The smallest absolute Gasteiger partial charge is 0.127 e. The predicted octanol–water partition coefficient (Wildman–Crippen LogP) is 16.6. The van der Waals surface area contributed by atoms with Gasteiger partial charge in [0.1, 0.15) is 11.5 Å². The Balaban J connectivity index is 1.50. The van der Waals surface area contributed by atoms with Crippen molar-refractivity contribution >= 4 is 53.4 Å². The highest BCUT2D eigenvalue weighted by Crippen LogP contribution is 2.50. The van der Waals surface area contributed by atoms with E-state index in [0.717, 1.165) is 66.0 Å². The average Bonchev–Trinajstić information content (AvgIpc) is 3.18. The van der Waals surface area contributed by atoms with Crippen LogP contribution in [0.15, 0.2) is 106 Å². The molecule has 54 heavy (non-hydrogen) atoms. The summed E-state index contributed by atoms with van der Waals surface area (Å²) in [5, 5.41) is 4.61. The van der Waals surface area contributed by atoms with Gasteiger partial charge in [-0.15, -0.1) is 0 Å². The summed E-state index contributed by atoms with van der Waals surface area (Å²) in [6.07, 6.45) is 14.7. The first-order valence-corrected chi connectivity index (χ1v) is 21.9. The molecule has 0 fully saturated rings. The van der Waals surface area contributed by atoms with Gasteiger partial charge in [0, 0.05) is 20.1 Å². The molecular formula is C50H56Br2O2. The highest BCUT2D eigenvalue weighted by atomic mass is 79.9. The van der Waals surface area contributed by atoms with Crippen molar-refractivity contribution in [1.82, 2.24) is 0 Å². The summed E-state index contributed by atoms with van der Waals surface area (Å²) in [5.74, 6) is 1.81. The van der Waals surface area contributed by atoms with E-state index >= 15 is 0 Å². The van der Waals surface area contributed by atoms with Gasteiger partial charge in [0.15, 0.2) is 0 Å². The third kappa shape index (κ3) is 9.61. The minimum Gasteiger partial charge on any atom is -0.493 e. The van der Waals surface area contributed by atoms with Crippen molar-refractivity contribution in [2.24, 2.45) is 0 Å². The molecule has 0 saturated heterocycles. The average molecular weight is 849 g/mol. The normalized spacial score (nSPS) is 11.4. The molecule has 0 aliphatic rings. The van der Waals surface area contributed by atoms with E-state index in [4.69, 9.17) is 9.47 Å². The van der Waals surface area contributed by atoms with Crippen LogP contribution >= 0.6 is 31.9 Å². The summed E-state index contributed by atoms with van der Waals surface area (Å²) in [4.78, 5) is 0. The number of hydrogen-bond donors (Lipinski definition) is 0. The van der Waals surface area contributed by atoms with Gasteiger partial charge in [0.05, 0.1) is 13.2 Å². The molecule has 0 aromatic heterocycles. The lowest BCUT2D eigenvalue weighted by Crippen LogP contribution is -2.03. The van der Waals surface area contributed by atoms with Gasteiger partial charge in [0.2, 0.25) is 0 Å². The molecule has 0 amide bonds. The first-order valence-electron chi connectivity index (χ1n) is 20.3. The largest absolute Gasteiger partial charge is 0.493 e. The highest BCUT2D eigenvalue weighted by molar-refractivity contribution is 9.11. The first kappa shape index (κ1) is 40.1. The second-order valence-corrected chi connectivity index (χ2v) is 16.5. The molecular weight excluding hydrogens is 792 g/mol. The number of halogens is 2. The summed E-state index contributed by atoms with van der Waals surface area (Å²) in [6.45, 7) is 10.2. The zero-order valence-corrected chi connectivity index (χ0v) is 35.9. The maximum absolute atomic E-state index is 6.81. The van der Waals surface area contributed by atoms with Crippen LogP contribution in [-0.4, -0.2) is 13.2 Å². The van der Waals surface area contributed by atoms with Crippen molar-refractivity contribution in [2.45, 2.75) is 105 Å². The molecule has 6 aromatic rings. The number of unbranched alkanes of at least 4 members (excludes halogenated alkanes) is 10. The van der Waals surface area contributed by atoms with Crippen LogP contribution in [0.25, 0.3) is 54.9 Å². The number of rotatable bonds is 19. The maximum Gasteiger partial charge on any atom is 0.127 e. The van der Waals surface area contributed by atoms with Gasteiger partial charge in [-0.1, -0.05) is 162 Å². The van der Waals surface area contributed by atoms with Gasteiger partial charge in [-0.2, -0.15) is 0 Å². The molecule has 0 aliphatic heterocycles. The fraction of sp³-hybridized carbons (Fsp3) is 0.360. The standard InChI is InChI=1S/C50H56Br2O2/c1-5-7-9-11-13-15-33-53-45-31-29-43-41(27-25-39(49(43)51)37-21-17-35(3)18-22-37)47(45)48-42-28-26-40(38-23-19-36(4)20-24-38)50(52)44(42)30-32-46(48)54-34-16-14-12-10-8-6-2/h17-32H,5-16,33-34H2,1-4H3. The number of benzene rings is 6. The fourth-order valence-electron chi connectivity index (χ4n) is 7.50. The lowest BCUT2D eigenvalue weighted by Gasteiger charge is -2.22. The Labute approximate surface area is 340 Å². The van der Waals surface area contributed by atoms with Crippen molar-refractivity contribution in [3.05, 3.63) is 117 Å². The SMILES string of the molecule is CCCCCCCCOc1ccc2c(Br)c(-c3ccc(C)cc3)ccc2c1-c1c(OCCCCCCCC)ccc2c(Br)c(-c3ccc(C)cc3)ccc12. The Kier molecular flexibility index (Phi) is 14.7. The number of aryl methyl sites for hydroxylation is 2. The van der Waals surface area contributed by atoms with E-state index in [1.165, 1.54) is 97.6 Å². The van der Waals surface area contributed by atoms with Crippen molar-refractivity contribution in [1.29, 1.82) is 0 Å². The molecule has 0 saturated carbocycles. The molecule has 0 N–H and O–H groups in total. The quantitative estimate of drug-likeness (QED) is 0.0756. The molecule has 2 nitrogen and oxygen atoms in total. The van der Waals surface area contributed by atoms with E-state index < -0.39 is 0 Å². The molecule has 0 unspecified atom stereocenters. The van der Waals surface area contributed by atoms with Crippen LogP contribution in [0.2, 0.25) is 0 Å². The van der Waals surface area contributed by atoms with Crippen molar-refractivity contribution in [2.75, 3.05) is 13.2 Å². The Morgan fingerprint density at radius 3 is 1.13 bits per heavy atom. The third-order valence-corrected chi connectivity index (χ3v) is 12.4. The lowest BCUT2D eigenvalue weighted by molar-refractivity contribution is 0.302. The van der Waals surface area contributed by atoms with Crippen LogP contribution in [0, 0.1) is 13.8 Å². The van der Waals surface area contributed by atoms with E-state index in [1.54, 1.807) is 0 Å². The van der Waals surface area contributed by atoms with Crippen LogP contribution in [0.1, 0.15) is 102 Å². The molecule has 0 heterocycles. The van der Waals surface area contributed by atoms with Gasteiger partial charge in [-0.25, -0.2) is 0 Å². The van der Waals surface area contributed by atoms with Crippen LogP contribution in [-0.2, 0) is 0 Å². The minimum atomic E-state index is 0.688. The number of fused-ring (bicyclic) bond motifs is 2. The van der Waals surface area contributed by atoms with E-state index in [1.807, 2.05) is 0 Å². The summed E-state index contributed by atoms with van der Waals surface area (Å²) in [6, 6.07) is 35.5. The molecule has 6 rings (SSSR count). The Morgan fingerprint density at radius 1 is 0.389 bits per heavy atom. The summed E-state index contributed by atoms with van der Waals surface area (Å²) < 4.78 is 15.8. The van der Waals surface area contributed by atoms with Gasteiger partial charge in [-0.3, -0.25) is 0 Å². The fourth-order valence-corrected chi connectivity index (χ4v) is 8.91. The zero-order chi connectivity index (χ0) is 37.9. The third-order valence-electron chi connectivity index (χ3n) is 10.7. The van der Waals surface area contributed by atoms with Crippen LogP contribution in [0.3, 0.4) is 0 Å². The van der Waals surface area contributed by atoms with E-state index in [9.17, 15) is 0 Å². The van der Waals surface area contributed by atoms with Gasteiger partial charge < -0.3 is 9.47 Å². The molecule has 0 aliphatic carbocycles. The summed E-state index contributed by atoms with van der Waals surface area (Å²) >= 11 is 8.16. The molecule has 0 bridgehead atoms. The van der Waals surface area contributed by atoms with Crippen molar-refractivity contribution < 1.29 is 9.47 Å². The van der Waals surface area contributed by atoms with E-state index in [-0.39, 0.29) is 0 Å². The number of hydrogen-bond acceptors (Lipinski definition) is 2. The number of ether oxygens (including phenoxy) is 2. The van der Waals surface area contributed by atoms with Crippen LogP contribution in [0.4, 0.5) is 0 Å². The van der Waals surface area contributed by atoms with E-state index in [2.05, 4.69) is 157 Å². The van der Waals surface area contributed by atoms with Crippen LogP contribution < -0.4 is 9.47 Å². The molecule has 0 radical (unpaired) electrons.